The van der Waals surface area contributed by atoms with Crippen molar-refractivity contribution in [1.82, 2.24) is 9.97 Å². The van der Waals surface area contributed by atoms with E-state index in [4.69, 9.17) is 9.47 Å². The van der Waals surface area contributed by atoms with Gasteiger partial charge < -0.3 is 14.4 Å². The number of carbonyl (C=O) groups excluding carboxylic acids is 2. The number of esters is 1. The predicted octanol–water partition coefficient (Wildman–Crippen LogP) is 7.09. The van der Waals surface area contributed by atoms with E-state index < -0.39 is 0 Å². The zero-order valence-corrected chi connectivity index (χ0v) is 28.4. The smallest absolute Gasteiger partial charge is 0.306 e. The van der Waals surface area contributed by atoms with E-state index in [1.807, 2.05) is 50.2 Å². The van der Waals surface area contributed by atoms with Crippen LogP contribution in [0.4, 0.5) is 11.5 Å². The summed E-state index contributed by atoms with van der Waals surface area (Å²) in [6, 6.07) is 17.3. The molecule has 3 heterocycles. The van der Waals surface area contributed by atoms with Gasteiger partial charge >= 0.3 is 5.97 Å². The lowest BCUT2D eigenvalue weighted by Crippen LogP contribution is -2.41. The van der Waals surface area contributed by atoms with Crippen LogP contribution in [0.2, 0.25) is 0 Å². The van der Waals surface area contributed by atoms with E-state index in [1.165, 1.54) is 0 Å². The van der Waals surface area contributed by atoms with Gasteiger partial charge in [0, 0.05) is 37.6 Å². The van der Waals surface area contributed by atoms with Crippen LogP contribution in [0.3, 0.4) is 0 Å². The van der Waals surface area contributed by atoms with Gasteiger partial charge in [0.2, 0.25) is 5.88 Å². The number of pyridine rings is 2. The molecule has 0 bridgehead atoms. The summed E-state index contributed by atoms with van der Waals surface area (Å²) < 4.78 is 11.4. The van der Waals surface area contributed by atoms with Crippen LogP contribution in [-0.2, 0) is 9.53 Å². The third kappa shape index (κ3) is 9.09. The van der Waals surface area contributed by atoms with Gasteiger partial charge in [0.15, 0.2) is 0 Å². The van der Waals surface area contributed by atoms with Crippen molar-refractivity contribution in [2.45, 2.75) is 72.6 Å². The normalized spacial score (nSPS) is 15.9. The zero-order valence-electron chi connectivity index (χ0n) is 28.4. The van der Waals surface area contributed by atoms with Crippen LogP contribution in [0, 0.1) is 35.5 Å². The van der Waals surface area contributed by atoms with Gasteiger partial charge in [-0.3, -0.25) is 14.5 Å². The van der Waals surface area contributed by atoms with Crippen LogP contribution < -0.4 is 14.5 Å². The lowest BCUT2D eigenvalue weighted by Gasteiger charge is -2.36. The number of amides is 1. The van der Waals surface area contributed by atoms with Crippen LogP contribution in [-0.4, -0.2) is 54.7 Å². The number of piperidine rings is 1. The van der Waals surface area contributed by atoms with Gasteiger partial charge in [-0.1, -0.05) is 26.8 Å². The maximum atomic E-state index is 14.3. The number of hydrogen-bond donors (Lipinski definition) is 0. The first-order chi connectivity index (χ1) is 22.5. The average molecular weight is 638 g/mol. The zero-order chi connectivity index (χ0) is 33.6. The molecule has 1 unspecified atom stereocenters. The first kappa shape index (κ1) is 33.9. The largest absolute Gasteiger partial charge is 0.477 e. The van der Waals surface area contributed by atoms with E-state index in [0.717, 1.165) is 55.7 Å². The third-order valence-electron chi connectivity index (χ3n) is 8.88. The maximum Gasteiger partial charge on any atom is 0.306 e. The Morgan fingerprint density at radius 2 is 1.85 bits per heavy atom. The molecule has 9 nitrogen and oxygen atoms in total. The molecule has 2 fully saturated rings. The van der Waals surface area contributed by atoms with Gasteiger partial charge in [0.25, 0.3) is 5.91 Å². The molecule has 1 aliphatic carbocycles. The number of anilines is 2. The van der Waals surface area contributed by atoms with Crippen LogP contribution in [0.25, 0.3) is 0 Å². The molecule has 1 aromatic carbocycles. The van der Waals surface area contributed by atoms with Gasteiger partial charge in [0.1, 0.15) is 5.82 Å². The summed E-state index contributed by atoms with van der Waals surface area (Å²) in [6.45, 7) is 13.0. The molecule has 1 atom stereocenters. The molecule has 248 valence electrons. The number of aryl methyl sites for hydroxylation is 1. The van der Waals surface area contributed by atoms with Crippen LogP contribution in [0.5, 0.6) is 5.88 Å². The Labute approximate surface area is 278 Å². The molecule has 1 aliphatic heterocycles. The molecule has 0 N–H and O–H groups in total. The summed E-state index contributed by atoms with van der Waals surface area (Å²) in [5, 5.41) is 9.72. The van der Waals surface area contributed by atoms with Crippen molar-refractivity contribution in [1.29, 1.82) is 5.26 Å². The minimum absolute atomic E-state index is 0.124. The summed E-state index contributed by atoms with van der Waals surface area (Å²) in [4.78, 5) is 39.6. The fraction of sp³-hybridized carbons (Fsp3) is 0.500. The Kier molecular flexibility index (Phi) is 10.8. The highest BCUT2D eigenvalue weighted by molar-refractivity contribution is 6.09. The number of benzene rings is 1. The van der Waals surface area contributed by atoms with Crippen molar-refractivity contribution in [2.75, 3.05) is 42.6 Å². The minimum Gasteiger partial charge on any atom is -0.477 e. The number of aromatic nitrogens is 2. The Morgan fingerprint density at radius 3 is 2.51 bits per heavy atom. The molecule has 5 rings (SSSR count). The predicted molar refractivity (Wildman–Crippen MR) is 183 cm³/mol. The number of nitriles is 1. The van der Waals surface area contributed by atoms with E-state index >= 15 is 0 Å². The molecule has 9 heteroatoms. The molecule has 0 radical (unpaired) electrons. The van der Waals surface area contributed by atoms with Crippen molar-refractivity contribution in [3.63, 3.8) is 0 Å². The molecule has 1 saturated carbocycles. The summed E-state index contributed by atoms with van der Waals surface area (Å²) in [5.41, 5.74) is 3.65. The van der Waals surface area contributed by atoms with Gasteiger partial charge in [-0.05, 0) is 105 Å². The molecule has 1 amide bonds. The number of carbonyl (C=O) groups is 2. The van der Waals surface area contributed by atoms with Crippen molar-refractivity contribution in [3.05, 3.63) is 77.1 Å². The van der Waals surface area contributed by atoms with E-state index in [1.54, 1.807) is 23.2 Å². The summed E-state index contributed by atoms with van der Waals surface area (Å²) in [5.74, 6) is 1.88. The number of ether oxygens (including phenoxy) is 2. The van der Waals surface area contributed by atoms with Crippen molar-refractivity contribution < 1.29 is 19.1 Å². The minimum atomic E-state index is -0.158. The third-order valence-corrected chi connectivity index (χ3v) is 8.88. The topological polar surface area (TPSA) is 109 Å². The highest BCUT2D eigenvalue weighted by Crippen LogP contribution is 2.45. The molecular weight excluding hydrogens is 590 g/mol. The Hall–Kier alpha value is -4.45. The Morgan fingerprint density at radius 1 is 1.09 bits per heavy atom. The average Bonchev–Trinajstić information content (AvgIpc) is 3.90. The highest BCUT2D eigenvalue weighted by atomic mass is 16.5. The van der Waals surface area contributed by atoms with E-state index in [9.17, 15) is 14.9 Å². The fourth-order valence-corrected chi connectivity index (χ4v) is 6.33. The molecule has 1 saturated heterocycles. The highest BCUT2D eigenvalue weighted by Gasteiger charge is 2.35. The molecule has 2 aliphatic rings. The SMILES string of the molecule is CCOC(=O)CC(c1ccnc(OCC2CCN(c3cc(C#N)ccc3C(=O)N(CC(C)(C)C)c3cccc(C)n3)CC2)c1)C1CC1. The van der Waals surface area contributed by atoms with Gasteiger partial charge in [0.05, 0.1) is 42.5 Å². The molecule has 47 heavy (non-hydrogen) atoms. The van der Waals surface area contributed by atoms with Gasteiger partial charge in [-0.15, -0.1) is 0 Å². The van der Waals surface area contributed by atoms with E-state index in [2.05, 4.69) is 41.7 Å². The number of nitrogens with zero attached hydrogens (tertiary/aromatic N) is 5. The van der Waals surface area contributed by atoms with E-state index in [-0.39, 0.29) is 23.2 Å². The first-order valence-electron chi connectivity index (χ1n) is 16.8. The van der Waals surface area contributed by atoms with Gasteiger partial charge in [-0.25, -0.2) is 9.97 Å². The summed E-state index contributed by atoms with van der Waals surface area (Å²) in [7, 11) is 0. The summed E-state index contributed by atoms with van der Waals surface area (Å²) >= 11 is 0. The first-order valence-corrected chi connectivity index (χ1v) is 16.8. The quantitative estimate of drug-likeness (QED) is 0.194. The second-order valence-electron chi connectivity index (χ2n) is 14.1. The maximum absolute atomic E-state index is 14.3. The van der Waals surface area contributed by atoms with Gasteiger partial charge in [-0.2, -0.15) is 5.26 Å². The lowest BCUT2D eigenvalue weighted by atomic mass is 9.92. The Balaban J connectivity index is 1.26. The summed E-state index contributed by atoms with van der Waals surface area (Å²) in [6.07, 6.45) is 6.16. The second kappa shape index (κ2) is 15.0. The van der Waals surface area contributed by atoms with Crippen LogP contribution >= 0.6 is 0 Å². The van der Waals surface area contributed by atoms with Crippen molar-refractivity contribution in [3.8, 4) is 11.9 Å². The van der Waals surface area contributed by atoms with E-state index in [0.29, 0.717) is 60.8 Å². The number of rotatable bonds is 12. The van der Waals surface area contributed by atoms with Crippen LogP contribution in [0.1, 0.15) is 92.9 Å². The monoisotopic (exact) mass is 637 g/mol. The van der Waals surface area contributed by atoms with Crippen LogP contribution in [0.15, 0.2) is 54.7 Å². The second-order valence-corrected chi connectivity index (χ2v) is 14.1. The molecule has 0 spiro atoms. The Bertz CT molecular complexity index is 1600. The molecular formula is C38H47N5O4. The standard InChI is InChI=1S/C38H47N5O4/c1-6-46-36(44)22-32(29-11-12-29)30-14-17-40-35(21-30)47-24-27-15-18-42(19-16-27)33-20-28(23-39)10-13-31(33)37(45)43(25-38(3,4)5)34-9-7-8-26(2)41-34/h7-10,13-14,17,20-21,27,29,32H,6,11-12,15-16,18-19,22,24-25H2,1-5H3. The number of hydrogen-bond acceptors (Lipinski definition) is 8. The molecule has 2 aromatic heterocycles. The van der Waals surface area contributed by atoms with Crippen molar-refractivity contribution >= 4 is 23.4 Å². The fourth-order valence-electron chi connectivity index (χ4n) is 6.33. The van der Waals surface area contributed by atoms with Crippen molar-refractivity contribution in [2.24, 2.45) is 17.3 Å². The lowest BCUT2D eigenvalue weighted by molar-refractivity contribution is -0.143. The molecule has 3 aromatic rings.